The first kappa shape index (κ1) is 11.4. The molecule has 0 saturated heterocycles. The van der Waals surface area contributed by atoms with Crippen molar-refractivity contribution in [2.75, 3.05) is 6.54 Å². The summed E-state index contributed by atoms with van der Waals surface area (Å²) in [7, 11) is 0. The summed E-state index contributed by atoms with van der Waals surface area (Å²) >= 11 is 2.88. The van der Waals surface area contributed by atoms with Crippen LogP contribution >= 0.6 is 15.9 Å². The quantitative estimate of drug-likeness (QED) is 0.709. The lowest BCUT2D eigenvalue weighted by atomic mass is 10.1. The number of rotatable bonds is 2. The van der Waals surface area contributed by atoms with Crippen LogP contribution in [0.5, 0.6) is 5.75 Å². The third kappa shape index (κ3) is 1.87. The molecule has 78 valence electrons. The Bertz CT molecular complexity index is 333. The minimum atomic E-state index is -1.16. The maximum Gasteiger partial charge on any atom is 0.167 e. The smallest absolute Gasteiger partial charge is 0.167 e. The molecule has 14 heavy (non-hydrogen) atoms. The molecule has 0 aromatic heterocycles. The van der Waals surface area contributed by atoms with Crippen molar-refractivity contribution >= 4 is 15.9 Å². The summed E-state index contributed by atoms with van der Waals surface area (Å²) < 4.78 is 26.1. The molecule has 0 radical (unpaired) electrons. The van der Waals surface area contributed by atoms with Crippen molar-refractivity contribution in [2.24, 2.45) is 11.5 Å². The van der Waals surface area contributed by atoms with Crippen molar-refractivity contribution in [1.82, 2.24) is 0 Å². The summed E-state index contributed by atoms with van der Waals surface area (Å²) in [5.41, 5.74) is 10.3. The lowest BCUT2D eigenvalue weighted by Crippen LogP contribution is -2.22. The number of halogens is 3. The molecule has 0 aliphatic heterocycles. The second-order valence-electron chi connectivity index (χ2n) is 2.76. The summed E-state index contributed by atoms with van der Waals surface area (Å²) in [6, 6.07) is -0.0979. The molecule has 6 heteroatoms. The van der Waals surface area contributed by atoms with E-state index in [0.29, 0.717) is 0 Å². The summed E-state index contributed by atoms with van der Waals surface area (Å²) in [6.45, 7) is -0.0830. The van der Waals surface area contributed by atoms with E-state index in [1.807, 2.05) is 0 Å². The van der Waals surface area contributed by atoms with Gasteiger partial charge in [0.15, 0.2) is 11.6 Å². The van der Waals surface area contributed by atoms with Gasteiger partial charge in [0.25, 0.3) is 0 Å². The van der Waals surface area contributed by atoms with E-state index < -0.39 is 23.4 Å². The van der Waals surface area contributed by atoms with E-state index in [0.717, 1.165) is 6.07 Å². The molecule has 1 atom stereocenters. The van der Waals surface area contributed by atoms with Gasteiger partial charge in [-0.25, -0.2) is 8.78 Å². The largest absolute Gasteiger partial charge is 0.506 e. The van der Waals surface area contributed by atoms with Crippen LogP contribution in [0.3, 0.4) is 0 Å². The van der Waals surface area contributed by atoms with E-state index in [1.54, 1.807) is 0 Å². The standard InChI is InChI=1S/C8H9BrF2N2O/c9-3-1-4(10)7(11)6(8(3)14)5(13)2-12/h1,5,14H,2,12-13H2/t5-/m1/s1. The monoisotopic (exact) mass is 266 g/mol. The van der Waals surface area contributed by atoms with Gasteiger partial charge >= 0.3 is 0 Å². The number of hydrogen-bond acceptors (Lipinski definition) is 3. The molecule has 0 bridgehead atoms. The first-order valence-electron chi connectivity index (χ1n) is 3.81. The lowest BCUT2D eigenvalue weighted by Gasteiger charge is -2.13. The van der Waals surface area contributed by atoms with Crippen molar-refractivity contribution < 1.29 is 13.9 Å². The Labute approximate surface area is 87.8 Å². The number of aromatic hydroxyl groups is 1. The van der Waals surface area contributed by atoms with Crippen molar-refractivity contribution in [1.29, 1.82) is 0 Å². The molecule has 0 aliphatic carbocycles. The predicted molar refractivity (Wildman–Crippen MR) is 51.7 cm³/mol. The van der Waals surface area contributed by atoms with Crippen molar-refractivity contribution in [3.63, 3.8) is 0 Å². The molecule has 3 nitrogen and oxygen atoms in total. The summed E-state index contributed by atoms with van der Waals surface area (Å²) in [5.74, 6) is -2.65. The zero-order chi connectivity index (χ0) is 10.9. The Morgan fingerprint density at radius 2 is 2.07 bits per heavy atom. The molecule has 1 aromatic carbocycles. The van der Waals surface area contributed by atoms with E-state index in [1.165, 1.54) is 0 Å². The van der Waals surface area contributed by atoms with Gasteiger partial charge in [-0.2, -0.15) is 0 Å². The number of benzene rings is 1. The Morgan fingerprint density at radius 1 is 1.50 bits per heavy atom. The fourth-order valence-electron chi connectivity index (χ4n) is 1.06. The van der Waals surface area contributed by atoms with E-state index in [4.69, 9.17) is 11.5 Å². The molecule has 0 heterocycles. The van der Waals surface area contributed by atoms with Gasteiger partial charge in [0, 0.05) is 12.6 Å². The van der Waals surface area contributed by atoms with E-state index in [-0.39, 0.29) is 16.6 Å². The average molecular weight is 267 g/mol. The average Bonchev–Trinajstić information content (AvgIpc) is 2.15. The van der Waals surface area contributed by atoms with Gasteiger partial charge in [0.1, 0.15) is 5.75 Å². The van der Waals surface area contributed by atoms with Gasteiger partial charge in [0.05, 0.1) is 10.0 Å². The van der Waals surface area contributed by atoms with Gasteiger partial charge in [-0.3, -0.25) is 0 Å². The molecular weight excluding hydrogens is 258 g/mol. The highest BCUT2D eigenvalue weighted by Gasteiger charge is 2.21. The molecule has 1 aromatic rings. The van der Waals surface area contributed by atoms with Crippen LogP contribution < -0.4 is 11.5 Å². The summed E-state index contributed by atoms with van der Waals surface area (Å²) in [6.07, 6.45) is 0. The van der Waals surface area contributed by atoms with Crippen LogP contribution in [0.1, 0.15) is 11.6 Å². The Balaban J connectivity index is 3.39. The predicted octanol–water partition coefficient (Wildman–Crippen LogP) is 1.39. The molecule has 0 saturated carbocycles. The van der Waals surface area contributed by atoms with Crippen LogP contribution in [0.2, 0.25) is 0 Å². The minimum Gasteiger partial charge on any atom is -0.506 e. The maximum absolute atomic E-state index is 13.2. The van der Waals surface area contributed by atoms with E-state index in [2.05, 4.69) is 15.9 Å². The van der Waals surface area contributed by atoms with Crippen LogP contribution in [-0.4, -0.2) is 11.7 Å². The number of phenols is 1. The van der Waals surface area contributed by atoms with Gasteiger partial charge in [-0.05, 0) is 22.0 Å². The highest BCUT2D eigenvalue weighted by Crippen LogP contribution is 2.34. The third-order valence-electron chi connectivity index (χ3n) is 1.81. The highest BCUT2D eigenvalue weighted by molar-refractivity contribution is 9.10. The second-order valence-corrected chi connectivity index (χ2v) is 3.61. The van der Waals surface area contributed by atoms with Gasteiger partial charge in [0.2, 0.25) is 0 Å². The fourth-order valence-corrected chi connectivity index (χ4v) is 1.48. The number of nitrogens with two attached hydrogens (primary N) is 2. The summed E-state index contributed by atoms with van der Waals surface area (Å²) in [5, 5.41) is 9.42. The minimum absolute atomic E-state index is 0.0512. The molecule has 0 amide bonds. The van der Waals surface area contributed by atoms with Gasteiger partial charge < -0.3 is 16.6 Å². The molecule has 0 unspecified atom stereocenters. The topological polar surface area (TPSA) is 72.3 Å². The SMILES string of the molecule is NC[C@@H](N)c1c(O)c(Br)cc(F)c1F. The van der Waals surface area contributed by atoms with Crippen molar-refractivity contribution in [2.45, 2.75) is 6.04 Å². The summed E-state index contributed by atoms with van der Waals surface area (Å²) in [4.78, 5) is 0. The zero-order valence-electron chi connectivity index (χ0n) is 7.10. The molecule has 0 aliphatic rings. The molecule has 5 N–H and O–H groups in total. The Kier molecular flexibility index (Phi) is 3.41. The number of hydrogen-bond donors (Lipinski definition) is 3. The van der Waals surface area contributed by atoms with Gasteiger partial charge in [-0.1, -0.05) is 0 Å². The molecule has 1 rings (SSSR count). The Morgan fingerprint density at radius 3 is 2.57 bits per heavy atom. The van der Waals surface area contributed by atoms with Crippen molar-refractivity contribution in [3.8, 4) is 5.75 Å². The highest BCUT2D eigenvalue weighted by atomic mass is 79.9. The maximum atomic E-state index is 13.2. The van der Waals surface area contributed by atoms with E-state index >= 15 is 0 Å². The molecule has 0 fully saturated rings. The van der Waals surface area contributed by atoms with E-state index in [9.17, 15) is 13.9 Å². The van der Waals surface area contributed by atoms with Crippen molar-refractivity contribution in [3.05, 3.63) is 27.7 Å². The fraction of sp³-hybridized carbons (Fsp3) is 0.250. The van der Waals surface area contributed by atoms with Crippen LogP contribution in [-0.2, 0) is 0 Å². The van der Waals surface area contributed by atoms with Crippen LogP contribution in [0.25, 0.3) is 0 Å². The van der Waals surface area contributed by atoms with Crippen LogP contribution in [0.4, 0.5) is 8.78 Å². The van der Waals surface area contributed by atoms with Crippen LogP contribution in [0.15, 0.2) is 10.5 Å². The second kappa shape index (κ2) is 4.20. The lowest BCUT2D eigenvalue weighted by molar-refractivity contribution is 0.428. The third-order valence-corrected chi connectivity index (χ3v) is 2.41. The zero-order valence-corrected chi connectivity index (χ0v) is 8.68. The Hall–Kier alpha value is -0.720. The first-order chi connectivity index (χ1) is 6.49. The van der Waals surface area contributed by atoms with Crippen LogP contribution in [0, 0.1) is 11.6 Å². The normalized spacial score (nSPS) is 12.9. The molecular formula is C8H9BrF2N2O. The number of phenolic OH excluding ortho intramolecular Hbond substituents is 1. The first-order valence-corrected chi connectivity index (χ1v) is 4.60. The van der Waals surface area contributed by atoms with Gasteiger partial charge in [-0.15, -0.1) is 0 Å². The molecule has 0 spiro atoms.